The van der Waals surface area contributed by atoms with Crippen LogP contribution in [-0.4, -0.2) is 23.3 Å². The van der Waals surface area contributed by atoms with Gasteiger partial charge in [-0.2, -0.15) is 0 Å². The average Bonchev–Trinajstić information content (AvgIpc) is 2.42. The van der Waals surface area contributed by atoms with E-state index in [2.05, 4.69) is 4.98 Å². The molecule has 1 aromatic heterocycles. The van der Waals surface area contributed by atoms with Crippen LogP contribution < -0.4 is 4.74 Å². The van der Waals surface area contributed by atoms with E-state index in [1.54, 1.807) is 6.20 Å². The molecule has 1 heterocycles. The van der Waals surface area contributed by atoms with Crippen molar-refractivity contribution in [2.24, 2.45) is 0 Å². The standard InChI is InChI=1S/C15H25NO2/c17-13-9-5-3-1-2-4-6-10-14-18-15-11-7-8-12-16-15/h7-8,11-12,17H,1-6,9-10,13-14H2. The Balaban J connectivity index is 1.82. The third kappa shape index (κ3) is 8.07. The van der Waals surface area contributed by atoms with Crippen molar-refractivity contribution in [3.8, 4) is 5.88 Å². The lowest BCUT2D eigenvalue weighted by molar-refractivity contribution is 0.281. The highest BCUT2D eigenvalue weighted by Crippen LogP contribution is 2.09. The maximum Gasteiger partial charge on any atom is 0.213 e. The van der Waals surface area contributed by atoms with Crippen LogP contribution in [0.15, 0.2) is 24.4 Å². The highest BCUT2D eigenvalue weighted by atomic mass is 16.5. The Morgan fingerprint density at radius 1 is 0.889 bits per heavy atom. The number of ether oxygens (including phenoxy) is 1. The predicted octanol–water partition coefficient (Wildman–Crippen LogP) is 3.57. The van der Waals surface area contributed by atoms with Crippen molar-refractivity contribution in [2.75, 3.05) is 13.2 Å². The van der Waals surface area contributed by atoms with Crippen molar-refractivity contribution in [1.29, 1.82) is 0 Å². The number of aromatic nitrogens is 1. The van der Waals surface area contributed by atoms with E-state index in [1.807, 2.05) is 18.2 Å². The minimum Gasteiger partial charge on any atom is -0.478 e. The van der Waals surface area contributed by atoms with Crippen LogP contribution in [0.1, 0.15) is 51.4 Å². The van der Waals surface area contributed by atoms with Crippen LogP contribution in [0, 0.1) is 0 Å². The summed E-state index contributed by atoms with van der Waals surface area (Å²) < 4.78 is 5.53. The molecular formula is C15H25NO2. The van der Waals surface area contributed by atoms with E-state index >= 15 is 0 Å². The molecule has 0 spiro atoms. The van der Waals surface area contributed by atoms with Crippen LogP contribution in [0.2, 0.25) is 0 Å². The van der Waals surface area contributed by atoms with Gasteiger partial charge in [0.25, 0.3) is 0 Å². The van der Waals surface area contributed by atoms with Gasteiger partial charge in [0.15, 0.2) is 0 Å². The fourth-order valence-electron chi connectivity index (χ4n) is 1.88. The molecule has 1 aromatic rings. The Kier molecular flexibility index (Phi) is 9.17. The van der Waals surface area contributed by atoms with Gasteiger partial charge in [0.05, 0.1) is 6.61 Å². The summed E-state index contributed by atoms with van der Waals surface area (Å²) in [5.41, 5.74) is 0. The molecule has 0 aromatic carbocycles. The first-order valence-corrected chi connectivity index (χ1v) is 7.08. The Labute approximate surface area is 110 Å². The van der Waals surface area contributed by atoms with E-state index in [1.165, 1.54) is 38.5 Å². The highest BCUT2D eigenvalue weighted by Gasteiger charge is 1.94. The number of hydrogen-bond donors (Lipinski definition) is 1. The molecule has 0 aliphatic carbocycles. The van der Waals surface area contributed by atoms with Crippen LogP contribution >= 0.6 is 0 Å². The minimum absolute atomic E-state index is 0.338. The number of hydrogen-bond acceptors (Lipinski definition) is 3. The molecule has 102 valence electrons. The normalized spacial score (nSPS) is 10.5. The minimum atomic E-state index is 0.338. The number of nitrogens with zero attached hydrogens (tertiary/aromatic N) is 1. The van der Waals surface area contributed by atoms with E-state index in [0.29, 0.717) is 6.61 Å². The highest BCUT2D eigenvalue weighted by molar-refractivity contribution is 5.08. The molecule has 0 amide bonds. The van der Waals surface area contributed by atoms with Gasteiger partial charge in [-0.1, -0.05) is 44.6 Å². The summed E-state index contributed by atoms with van der Waals surface area (Å²) in [4.78, 5) is 4.11. The molecule has 0 aliphatic heterocycles. The fraction of sp³-hybridized carbons (Fsp3) is 0.667. The van der Waals surface area contributed by atoms with Gasteiger partial charge in [0, 0.05) is 18.9 Å². The summed E-state index contributed by atoms with van der Waals surface area (Å²) in [5, 5.41) is 8.64. The number of aliphatic hydroxyl groups excluding tert-OH is 1. The molecular weight excluding hydrogens is 226 g/mol. The number of aliphatic hydroxyl groups is 1. The molecule has 0 saturated heterocycles. The van der Waals surface area contributed by atoms with Crippen molar-refractivity contribution in [3.63, 3.8) is 0 Å². The van der Waals surface area contributed by atoms with Crippen molar-refractivity contribution in [2.45, 2.75) is 51.4 Å². The maximum atomic E-state index is 8.64. The molecule has 0 bridgehead atoms. The smallest absolute Gasteiger partial charge is 0.213 e. The zero-order valence-corrected chi connectivity index (χ0v) is 11.2. The summed E-state index contributed by atoms with van der Waals surface area (Å²) in [6, 6.07) is 5.72. The molecule has 0 aliphatic rings. The van der Waals surface area contributed by atoms with Crippen molar-refractivity contribution in [3.05, 3.63) is 24.4 Å². The van der Waals surface area contributed by atoms with E-state index < -0.39 is 0 Å². The van der Waals surface area contributed by atoms with Gasteiger partial charge in [-0.15, -0.1) is 0 Å². The van der Waals surface area contributed by atoms with E-state index in [0.717, 1.165) is 25.3 Å². The lowest BCUT2D eigenvalue weighted by Crippen LogP contribution is -1.98. The third-order valence-corrected chi connectivity index (χ3v) is 2.94. The van der Waals surface area contributed by atoms with E-state index in [4.69, 9.17) is 9.84 Å². The third-order valence-electron chi connectivity index (χ3n) is 2.94. The maximum absolute atomic E-state index is 8.64. The average molecular weight is 251 g/mol. The van der Waals surface area contributed by atoms with Crippen molar-refractivity contribution in [1.82, 2.24) is 4.98 Å². The molecule has 0 fully saturated rings. The van der Waals surface area contributed by atoms with Gasteiger partial charge in [-0.3, -0.25) is 0 Å². The van der Waals surface area contributed by atoms with Gasteiger partial charge in [-0.25, -0.2) is 4.98 Å². The topological polar surface area (TPSA) is 42.4 Å². The molecule has 3 heteroatoms. The van der Waals surface area contributed by atoms with Crippen LogP contribution in [0.3, 0.4) is 0 Å². The van der Waals surface area contributed by atoms with E-state index in [-0.39, 0.29) is 0 Å². The van der Waals surface area contributed by atoms with Gasteiger partial charge in [0.1, 0.15) is 0 Å². The van der Waals surface area contributed by atoms with Crippen LogP contribution in [0.5, 0.6) is 5.88 Å². The second-order valence-corrected chi connectivity index (χ2v) is 4.57. The van der Waals surface area contributed by atoms with Crippen molar-refractivity contribution >= 4 is 0 Å². The molecule has 3 nitrogen and oxygen atoms in total. The molecule has 0 unspecified atom stereocenters. The predicted molar refractivity (Wildman–Crippen MR) is 73.8 cm³/mol. The Morgan fingerprint density at radius 2 is 1.56 bits per heavy atom. The lowest BCUT2D eigenvalue weighted by atomic mass is 10.1. The molecule has 0 saturated carbocycles. The Bertz CT molecular complexity index is 277. The molecule has 18 heavy (non-hydrogen) atoms. The second kappa shape index (κ2) is 11.0. The molecule has 0 radical (unpaired) electrons. The molecule has 1 rings (SSSR count). The Hall–Kier alpha value is -1.09. The van der Waals surface area contributed by atoms with Crippen molar-refractivity contribution < 1.29 is 9.84 Å². The summed E-state index contributed by atoms with van der Waals surface area (Å²) in [7, 11) is 0. The first-order chi connectivity index (χ1) is 8.93. The van der Waals surface area contributed by atoms with E-state index in [9.17, 15) is 0 Å². The quantitative estimate of drug-likeness (QED) is 0.611. The fourth-order valence-corrected chi connectivity index (χ4v) is 1.88. The van der Waals surface area contributed by atoms with Gasteiger partial charge >= 0.3 is 0 Å². The largest absolute Gasteiger partial charge is 0.478 e. The van der Waals surface area contributed by atoms with Crippen LogP contribution in [0.25, 0.3) is 0 Å². The number of unbranched alkanes of at least 4 members (excludes halogenated alkanes) is 7. The Morgan fingerprint density at radius 3 is 2.17 bits per heavy atom. The molecule has 0 atom stereocenters. The summed E-state index contributed by atoms with van der Waals surface area (Å²) in [6.45, 7) is 1.10. The SMILES string of the molecule is OCCCCCCCCCCOc1ccccn1. The number of pyridine rings is 1. The zero-order valence-electron chi connectivity index (χ0n) is 11.2. The monoisotopic (exact) mass is 251 g/mol. The summed E-state index contributed by atoms with van der Waals surface area (Å²) in [6.07, 6.45) is 11.3. The summed E-state index contributed by atoms with van der Waals surface area (Å²) in [5.74, 6) is 0.724. The van der Waals surface area contributed by atoms with Gasteiger partial charge < -0.3 is 9.84 Å². The second-order valence-electron chi connectivity index (χ2n) is 4.57. The van der Waals surface area contributed by atoms with Crippen LogP contribution in [0.4, 0.5) is 0 Å². The molecule has 1 N–H and O–H groups in total. The van der Waals surface area contributed by atoms with Gasteiger partial charge in [-0.05, 0) is 18.9 Å². The first kappa shape index (κ1) is 15.0. The van der Waals surface area contributed by atoms with Crippen LogP contribution in [-0.2, 0) is 0 Å². The summed E-state index contributed by atoms with van der Waals surface area (Å²) >= 11 is 0. The first-order valence-electron chi connectivity index (χ1n) is 7.08. The number of rotatable bonds is 11. The lowest BCUT2D eigenvalue weighted by Gasteiger charge is -2.04. The zero-order chi connectivity index (χ0) is 12.9. The van der Waals surface area contributed by atoms with Gasteiger partial charge in [0.2, 0.25) is 5.88 Å².